The molecule has 0 bridgehead atoms. The van der Waals surface area contributed by atoms with E-state index >= 15 is 0 Å². The highest BCUT2D eigenvalue weighted by molar-refractivity contribution is 5.78. The van der Waals surface area contributed by atoms with Gasteiger partial charge in [0.1, 0.15) is 36.6 Å². The topological polar surface area (TPSA) is 175 Å². The fourth-order valence-electron chi connectivity index (χ4n) is 14.1. The lowest BCUT2D eigenvalue weighted by atomic mass is 9.32. The van der Waals surface area contributed by atoms with Gasteiger partial charge in [-0.2, -0.15) is 0 Å². The van der Waals surface area contributed by atoms with Gasteiger partial charge in [0.15, 0.2) is 6.29 Å². The van der Waals surface area contributed by atoms with Gasteiger partial charge in [-0.1, -0.05) is 46.8 Å². The van der Waals surface area contributed by atoms with E-state index in [2.05, 4.69) is 48.1 Å². The van der Waals surface area contributed by atoms with Crippen LogP contribution in [0.1, 0.15) is 113 Å². The molecule has 0 amide bonds. The quantitative estimate of drug-likeness (QED) is 0.138. The van der Waals surface area contributed by atoms with E-state index in [0.29, 0.717) is 24.7 Å². The number of aliphatic hydroxyl groups is 6. The Morgan fingerprint density at radius 3 is 2.12 bits per heavy atom. The van der Waals surface area contributed by atoms with Crippen molar-refractivity contribution in [2.24, 2.45) is 56.7 Å². The van der Waals surface area contributed by atoms with E-state index in [9.17, 15) is 35.4 Å². The Morgan fingerprint density at radius 2 is 1.42 bits per heavy atom. The fourth-order valence-corrected chi connectivity index (χ4v) is 14.1. The van der Waals surface area contributed by atoms with Gasteiger partial charge >= 0.3 is 5.97 Å². The van der Waals surface area contributed by atoms with Gasteiger partial charge in [-0.15, -0.1) is 0 Å². The molecule has 5 aliphatic carbocycles. The van der Waals surface area contributed by atoms with E-state index in [1.54, 1.807) is 6.92 Å². The molecule has 0 radical (unpaired) electrons. The first kappa shape index (κ1) is 39.1. The monoisotopic (exact) mass is 734 g/mol. The normalized spacial score (nSPS) is 55.7. The Hall–Kier alpha value is -1.15. The number of esters is 1. The summed E-state index contributed by atoms with van der Waals surface area (Å²) in [6.07, 6.45) is -2.20. The van der Waals surface area contributed by atoms with Crippen LogP contribution in [-0.2, 0) is 23.7 Å². The van der Waals surface area contributed by atoms with Crippen molar-refractivity contribution < 1.29 is 54.4 Å². The van der Waals surface area contributed by atoms with E-state index in [-0.39, 0.29) is 58.1 Å². The second kappa shape index (κ2) is 13.2. The van der Waals surface area contributed by atoms with Crippen LogP contribution in [0.15, 0.2) is 12.2 Å². The molecule has 6 N–H and O–H groups in total. The second-order valence-electron chi connectivity index (χ2n) is 19.7. The largest absolute Gasteiger partial charge is 0.432 e. The van der Waals surface area contributed by atoms with Crippen molar-refractivity contribution >= 4 is 5.97 Å². The summed E-state index contributed by atoms with van der Waals surface area (Å²) in [7, 11) is 0. The number of carbonyl (C=O) groups is 1. The molecule has 11 heteroatoms. The average molecular weight is 735 g/mol. The van der Waals surface area contributed by atoms with Crippen LogP contribution in [0.2, 0.25) is 0 Å². The van der Waals surface area contributed by atoms with Crippen LogP contribution in [0, 0.1) is 56.7 Å². The molecule has 7 aliphatic rings. The van der Waals surface area contributed by atoms with Crippen molar-refractivity contribution in [1.29, 1.82) is 0 Å². The number of fused-ring (bicyclic) bond motifs is 7. The first-order chi connectivity index (χ1) is 24.2. The van der Waals surface area contributed by atoms with Crippen molar-refractivity contribution in [1.82, 2.24) is 0 Å². The Balaban J connectivity index is 1.14. The maximum Gasteiger partial charge on any atom is 0.314 e. The maximum absolute atomic E-state index is 14.5. The summed E-state index contributed by atoms with van der Waals surface area (Å²) >= 11 is 0. The number of hydrogen-bond donors (Lipinski definition) is 6. The maximum atomic E-state index is 14.5. The molecule has 7 fully saturated rings. The molecule has 0 aromatic rings. The van der Waals surface area contributed by atoms with Crippen molar-refractivity contribution in [2.45, 2.75) is 174 Å². The summed E-state index contributed by atoms with van der Waals surface area (Å²) < 4.78 is 23.9. The number of rotatable bonds is 5. The molecular formula is C41H66O11. The fraction of sp³-hybridized carbons (Fsp3) is 0.927. The summed E-state index contributed by atoms with van der Waals surface area (Å²) in [6.45, 7) is 20.2. The van der Waals surface area contributed by atoms with Gasteiger partial charge in [0.25, 0.3) is 0 Å². The summed E-state index contributed by atoms with van der Waals surface area (Å²) in [5.41, 5.74) is 0.204. The van der Waals surface area contributed by atoms with Gasteiger partial charge < -0.3 is 49.6 Å². The van der Waals surface area contributed by atoms with Crippen LogP contribution >= 0.6 is 0 Å². The van der Waals surface area contributed by atoms with Gasteiger partial charge in [-0.05, 0) is 129 Å². The molecule has 7 rings (SSSR count). The Labute approximate surface area is 309 Å². The molecule has 2 aliphatic heterocycles. The average Bonchev–Trinajstić information content (AvgIpc) is 3.49. The van der Waals surface area contributed by atoms with Crippen molar-refractivity contribution in [3.63, 3.8) is 0 Å². The van der Waals surface area contributed by atoms with Gasteiger partial charge in [0.05, 0.1) is 24.2 Å². The third-order valence-corrected chi connectivity index (χ3v) is 17.2. The molecule has 2 saturated heterocycles. The van der Waals surface area contributed by atoms with Crippen LogP contribution in [0.3, 0.4) is 0 Å². The zero-order valence-electron chi connectivity index (χ0n) is 32.4. The van der Waals surface area contributed by atoms with Gasteiger partial charge in [0, 0.05) is 0 Å². The number of carbonyl (C=O) groups excluding carboxylic acids is 1. The first-order valence-corrected chi connectivity index (χ1v) is 20.1. The second-order valence-corrected chi connectivity index (χ2v) is 19.7. The minimum atomic E-state index is -1.54. The minimum absolute atomic E-state index is 0.0272. The standard InChI is InChI=1S/C41H66O11/c1-20(2)22-11-16-41(36(48)52-35-33(47)31(45)29(43)21(3)50-35)18-17-39(7)23(28(22)41)9-10-26-38(6)14-13-27(37(4,5)25(38)12-15-40(26,39)8)51-34-32(46)30(44)24(42)19-49-34/h21-35,42-47H,1,9-19H2,2-8H3/t21?,22-,23?,24-,25?,26?,27-,28?,29+,30?,31?,32?,33?,34-,35-,38-,39+,40+,41-/m0/s1. The van der Waals surface area contributed by atoms with Gasteiger partial charge in [-0.3, -0.25) is 4.79 Å². The van der Waals surface area contributed by atoms with Crippen LogP contribution in [0.4, 0.5) is 0 Å². The zero-order valence-corrected chi connectivity index (χ0v) is 32.4. The third kappa shape index (κ3) is 5.48. The van der Waals surface area contributed by atoms with Crippen LogP contribution < -0.4 is 0 Å². The molecule has 52 heavy (non-hydrogen) atoms. The Kier molecular flexibility index (Phi) is 9.94. The zero-order chi connectivity index (χ0) is 37.9. The molecule has 296 valence electrons. The molecule has 9 unspecified atom stereocenters. The van der Waals surface area contributed by atoms with Crippen molar-refractivity contribution in [3.8, 4) is 0 Å². The lowest BCUT2D eigenvalue weighted by molar-refractivity contribution is -0.312. The predicted molar refractivity (Wildman–Crippen MR) is 190 cm³/mol. The lowest BCUT2D eigenvalue weighted by Gasteiger charge is -2.73. The number of hydrogen-bond acceptors (Lipinski definition) is 11. The summed E-state index contributed by atoms with van der Waals surface area (Å²) in [6, 6.07) is 0. The van der Waals surface area contributed by atoms with E-state index in [1.807, 2.05) is 0 Å². The number of aliphatic hydroxyl groups excluding tert-OH is 6. The van der Waals surface area contributed by atoms with Crippen molar-refractivity contribution in [2.75, 3.05) is 6.61 Å². The van der Waals surface area contributed by atoms with E-state index in [1.165, 1.54) is 0 Å². The highest BCUT2D eigenvalue weighted by Crippen LogP contribution is 2.77. The number of allylic oxidation sites excluding steroid dienone is 1. The Bertz CT molecular complexity index is 1390. The third-order valence-electron chi connectivity index (χ3n) is 17.2. The lowest BCUT2D eigenvalue weighted by Crippen LogP contribution is -2.67. The predicted octanol–water partition coefficient (Wildman–Crippen LogP) is 3.84. The summed E-state index contributed by atoms with van der Waals surface area (Å²) in [4.78, 5) is 14.5. The van der Waals surface area contributed by atoms with Crippen molar-refractivity contribution in [3.05, 3.63) is 12.2 Å². The smallest absolute Gasteiger partial charge is 0.314 e. The Morgan fingerprint density at radius 1 is 0.731 bits per heavy atom. The van der Waals surface area contributed by atoms with Gasteiger partial charge in [-0.25, -0.2) is 0 Å². The molecular weight excluding hydrogens is 668 g/mol. The summed E-state index contributed by atoms with van der Waals surface area (Å²) in [5.74, 6) is 0.986. The van der Waals surface area contributed by atoms with Crippen LogP contribution in [-0.4, -0.2) is 105 Å². The molecule has 19 atom stereocenters. The molecule has 0 aromatic carbocycles. The summed E-state index contributed by atoms with van der Waals surface area (Å²) in [5, 5.41) is 62.5. The molecule has 2 heterocycles. The van der Waals surface area contributed by atoms with E-state index in [4.69, 9.17) is 18.9 Å². The first-order valence-electron chi connectivity index (χ1n) is 20.1. The van der Waals surface area contributed by atoms with Gasteiger partial charge in [0.2, 0.25) is 6.29 Å². The van der Waals surface area contributed by atoms with E-state index in [0.717, 1.165) is 56.9 Å². The SMILES string of the molecule is C=C(C)[C@@H]1CC[C@]2(C(=O)O[C@@H]3OC(C)[C@@H](O)C(O)C3O)CC[C@]3(C)C(CCC4[C@@]5(C)CC[C@H](O[C@@H]6OC[C@H](O)C(O)C6O)C(C)(C)C5CC[C@]43C)C12. The molecule has 11 nitrogen and oxygen atoms in total. The highest BCUT2D eigenvalue weighted by Gasteiger charge is 2.72. The molecule has 5 saturated carbocycles. The van der Waals surface area contributed by atoms with Crippen LogP contribution in [0.25, 0.3) is 0 Å². The number of ether oxygens (including phenoxy) is 4. The minimum Gasteiger partial charge on any atom is -0.432 e. The molecule has 0 spiro atoms. The van der Waals surface area contributed by atoms with E-state index < -0.39 is 60.7 Å². The highest BCUT2D eigenvalue weighted by atomic mass is 16.7. The van der Waals surface area contributed by atoms with Crippen LogP contribution in [0.5, 0.6) is 0 Å². The molecule has 0 aromatic heterocycles.